The van der Waals surface area contributed by atoms with Crippen LogP contribution in [0.5, 0.6) is 0 Å². The predicted octanol–water partition coefficient (Wildman–Crippen LogP) is 0.776. The quantitative estimate of drug-likeness (QED) is 0.268. The monoisotopic (exact) mass is 165 g/mol. The van der Waals surface area contributed by atoms with Gasteiger partial charge < -0.3 is 5.73 Å². The zero-order chi connectivity index (χ0) is 8.81. The molecule has 4 N–H and O–H groups in total. The molecule has 4 heteroatoms. The van der Waals surface area contributed by atoms with E-state index in [0.29, 0.717) is 6.54 Å². The number of aliphatic imine (C=N–C) groups is 1. The zero-order valence-corrected chi connectivity index (χ0v) is 6.57. The number of nitrogen functional groups attached to an aromatic ring is 1. The third kappa shape index (κ3) is 2.59. The molecule has 12 heavy (non-hydrogen) atoms. The van der Waals surface area contributed by atoms with E-state index in [9.17, 15) is 0 Å². The highest BCUT2D eigenvalue weighted by molar-refractivity contribution is 5.52. The molecule has 0 spiro atoms. The molecule has 64 valence electrons. The van der Waals surface area contributed by atoms with E-state index >= 15 is 0 Å². The summed E-state index contributed by atoms with van der Waals surface area (Å²) in [7, 11) is 0. The van der Waals surface area contributed by atoms with E-state index < -0.39 is 0 Å². The van der Waals surface area contributed by atoms with Crippen LogP contribution >= 0.6 is 0 Å². The Bertz CT molecular complexity index is 256. The minimum Gasteiger partial charge on any atom is -0.399 e. The summed E-state index contributed by atoms with van der Waals surface area (Å²) in [5, 5.41) is 8.17. The fourth-order valence-corrected chi connectivity index (χ4v) is 0.815. The Morgan fingerprint density at radius 1 is 1.42 bits per heavy atom. The highest BCUT2D eigenvalue weighted by Crippen LogP contribution is 2.05. The van der Waals surface area contributed by atoms with Crippen molar-refractivity contribution in [2.75, 3.05) is 5.73 Å². The van der Waals surface area contributed by atoms with E-state index in [-0.39, 0.29) is 0 Å². The lowest BCUT2D eigenvalue weighted by molar-refractivity contribution is 0.239. The first-order chi connectivity index (χ1) is 5.83. The largest absolute Gasteiger partial charge is 0.399 e. The molecule has 0 aliphatic heterocycles. The van der Waals surface area contributed by atoms with Crippen molar-refractivity contribution < 1.29 is 5.21 Å². The number of benzene rings is 1. The summed E-state index contributed by atoms with van der Waals surface area (Å²) in [6.45, 7) is 0.536. The minimum absolute atomic E-state index is 0.536. The Balaban J connectivity index is 2.53. The van der Waals surface area contributed by atoms with Gasteiger partial charge in [0.25, 0.3) is 0 Å². The Hall–Kier alpha value is -1.55. The normalized spacial score (nSPS) is 10.4. The maximum atomic E-state index is 8.17. The van der Waals surface area contributed by atoms with Gasteiger partial charge in [0.05, 0.1) is 6.54 Å². The van der Waals surface area contributed by atoms with Gasteiger partial charge in [0, 0.05) is 5.69 Å². The number of nitrogens with zero attached hydrogens (tertiary/aromatic N) is 1. The topological polar surface area (TPSA) is 70.6 Å². The molecule has 0 aliphatic carbocycles. The van der Waals surface area contributed by atoms with Crippen LogP contribution in [0.2, 0.25) is 0 Å². The van der Waals surface area contributed by atoms with Crippen molar-refractivity contribution in [2.24, 2.45) is 4.99 Å². The summed E-state index contributed by atoms with van der Waals surface area (Å²) in [5.41, 5.74) is 9.11. The van der Waals surface area contributed by atoms with Crippen LogP contribution in [0, 0.1) is 0 Å². The fourth-order valence-electron chi connectivity index (χ4n) is 0.815. The van der Waals surface area contributed by atoms with E-state index in [1.165, 1.54) is 6.34 Å². The van der Waals surface area contributed by atoms with Crippen molar-refractivity contribution in [1.29, 1.82) is 0 Å². The second-order valence-corrected chi connectivity index (χ2v) is 2.34. The van der Waals surface area contributed by atoms with Crippen LogP contribution in [0.25, 0.3) is 0 Å². The SMILES string of the molecule is Nc1ccc(CN=CNO)cc1. The van der Waals surface area contributed by atoms with Crippen LogP contribution in [0.4, 0.5) is 5.69 Å². The molecule has 0 saturated heterocycles. The summed E-state index contributed by atoms with van der Waals surface area (Å²) >= 11 is 0. The fraction of sp³-hybridized carbons (Fsp3) is 0.125. The smallest absolute Gasteiger partial charge is 0.107 e. The van der Waals surface area contributed by atoms with Crippen molar-refractivity contribution in [3.63, 3.8) is 0 Å². The average molecular weight is 165 g/mol. The average Bonchev–Trinajstić information content (AvgIpc) is 2.09. The molecule has 1 aromatic carbocycles. The molecule has 0 bridgehead atoms. The summed E-state index contributed by atoms with van der Waals surface area (Å²) in [5.74, 6) is 0. The first kappa shape index (κ1) is 8.55. The molecule has 1 rings (SSSR count). The number of hydroxylamine groups is 1. The molecule has 0 radical (unpaired) electrons. The lowest BCUT2D eigenvalue weighted by Gasteiger charge is -1.96. The number of hydrogen-bond donors (Lipinski definition) is 3. The Morgan fingerprint density at radius 3 is 2.67 bits per heavy atom. The lowest BCUT2D eigenvalue weighted by atomic mass is 10.2. The van der Waals surface area contributed by atoms with E-state index in [1.54, 1.807) is 0 Å². The molecule has 0 atom stereocenters. The van der Waals surface area contributed by atoms with Gasteiger partial charge in [-0.15, -0.1) is 0 Å². The Kier molecular flexibility index (Phi) is 3.10. The Labute approximate surface area is 70.7 Å². The first-order valence-electron chi connectivity index (χ1n) is 3.55. The third-order valence-corrected chi connectivity index (χ3v) is 1.40. The standard InChI is InChI=1S/C8H11N3O/c9-8-3-1-7(2-4-8)5-10-6-11-12/h1-4,6,12H,5,9H2,(H,10,11). The second kappa shape index (κ2) is 4.35. The summed E-state index contributed by atoms with van der Waals surface area (Å²) in [6.07, 6.45) is 1.23. The maximum Gasteiger partial charge on any atom is 0.107 e. The maximum absolute atomic E-state index is 8.17. The third-order valence-electron chi connectivity index (χ3n) is 1.40. The minimum atomic E-state index is 0.536. The van der Waals surface area contributed by atoms with Gasteiger partial charge in [-0.25, -0.2) is 0 Å². The molecule has 0 aliphatic rings. The van der Waals surface area contributed by atoms with Crippen molar-refractivity contribution in [3.05, 3.63) is 29.8 Å². The lowest BCUT2D eigenvalue weighted by Crippen LogP contribution is -2.02. The first-order valence-corrected chi connectivity index (χ1v) is 3.55. The van der Waals surface area contributed by atoms with Crippen molar-refractivity contribution in [2.45, 2.75) is 6.54 Å². The summed E-state index contributed by atoms with van der Waals surface area (Å²) in [4.78, 5) is 3.86. The molecular formula is C8H11N3O. The van der Waals surface area contributed by atoms with E-state index in [0.717, 1.165) is 11.3 Å². The molecule has 0 heterocycles. The molecule has 0 saturated carbocycles. The molecule has 0 fully saturated rings. The molecule has 4 nitrogen and oxygen atoms in total. The molecule has 1 aromatic rings. The molecule has 0 unspecified atom stereocenters. The van der Waals surface area contributed by atoms with E-state index in [4.69, 9.17) is 10.9 Å². The highest BCUT2D eigenvalue weighted by atomic mass is 16.5. The van der Waals surface area contributed by atoms with Gasteiger partial charge in [-0.3, -0.25) is 15.7 Å². The molecule has 0 amide bonds. The zero-order valence-electron chi connectivity index (χ0n) is 6.57. The van der Waals surface area contributed by atoms with E-state index in [1.807, 2.05) is 29.7 Å². The number of rotatable bonds is 3. The van der Waals surface area contributed by atoms with Crippen LogP contribution in [-0.2, 0) is 6.54 Å². The predicted molar refractivity (Wildman–Crippen MR) is 48.0 cm³/mol. The van der Waals surface area contributed by atoms with Crippen molar-refractivity contribution in [3.8, 4) is 0 Å². The van der Waals surface area contributed by atoms with Crippen LogP contribution in [0.3, 0.4) is 0 Å². The van der Waals surface area contributed by atoms with Gasteiger partial charge >= 0.3 is 0 Å². The number of anilines is 1. The van der Waals surface area contributed by atoms with Gasteiger partial charge in [0.1, 0.15) is 6.34 Å². The second-order valence-electron chi connectivity index (χ2n) is 2.34. The van der Waals surface area contributed by atoms with Gasteiger partial charge in [-0.1, -0.05) is 12.1 Å². The number of hydrogen-bond acceptors (Lipinski definition) is 3. The van der Waals surface area contributed by atoms with Crippen LogP contribution in [0.1, 0.15) is 5.56 Å². The van der Waals surface area contributed by atoms with Crippen LogP contribution in [0.15, 0.2) is 29.3 Å². The Morgan fingerprint density at radius 2 is 2.08 bits per heavy atom. The van der Waals surface area contributed by atoms with Gasteiger partial charge in [-0.05, 0) is 17.7 Å². The van der Waals surface area contributed by atoms with Gasteiger partial charge in [0.2, 0.25) is 0 Å². The highest BCUT2D eigenvalue weighted by Gasteiger charge is 1.88. The van der Waals surface area contributed by atoms with Crippen molar-refractivity contribution in [1.82, 2.24) is 5.48 Å². The van der Waals surface area contributed by atoms with Crippen LogP contribution in [-0.4, -0.2) is 11.5 Å². The molecule has 0 aromatic heterocycles. The summed E-state index contributed by atoms with van der Waals surface area (Å²) in [6, 6.07) is 7.42. The number of nitrogens with one attached hydrogen (secondary N) is 1. The van der Waals surface area contributed by atoms with E-state index in [2.05, 4.69) is 4.99 Å². The summed E-state index contributed by atoms with van der Waals surface area (Å²) < 4.78 is 0. The van der Waals surface area contributed by atoms with Crippen LogP contribution < -0.4 is 11.2 Å². The number of nitrogens with two attached hydrogens (primary N) is 1. The molecular weight excluding hydrogens is 154 g/mol. The van der Waals surface area contributed by atoms with Crippen molar-refractivity contribution >= 4 is 12.0 Å². The van der Waals surface area contributed by atoms with Gasteiger partial charge in [-0.2, -0.15) is 0 Å². The van der Waals surface area contributed by atoms with Gasteiger partial charge in [0.15, 0.2) is 0 Å².